The minimum Gasteiger partial charge on any atom is -0.361 e. The Balaban J connectivity index is 2.70. The van der Waals surface area contributed by atoms with E-state index < -0.39 is 0 Å². The van der Waals surface area contributed by atoms with E-state index >= 15 is 0 Å². The molecule has 0 bridgehead atoms. The van der Waals surface area contributed by atoms with E-state index in [1.807, 2.05) is 0 Å². The molecule has 1 saturated heterocycles. The van der Waals surface area contributed by atoms with Gasteiger partial charge in [-0.3, -0.25) is 5.32 Å². The molecular formula is C13H27NO. The van der Waals surface area contributed by atoms with Crippen LogP contribution in [-0.2, 0) is 4.74 Å². The highest BCUT2D eigenvalue weighted by Gasteiger charge is 2.40. The minimum atomic E-state index is -0.0352. The molecule has 0 aromatic rings. The van der Waals surface area contributed by atoms with E-state index in [1.165, 1.54) is 19.3 Å². The fourth-order valence-corrected chi connectivity index (χ4v) is 2.59. The second-order valence-electron chi connectivity index (χ2n) is 5.13. The lowest BCUT2D eigenvalue weighted by Gasteiger charge is -2.48. The first-order chi connectivity index (χ1) is 7.10. The Bertz CT molecular complexity index is 181. The normalized spacial score (nSPS) is 30.4. The van der Waals surface area contributed by atoms with Crippen molar-refractivity contribution in [3.8, 4) is 0 Å². The van der Waals surface area contributed by atoms with Crippen molar-refractivity contribution in [3.63, 3.8) is 0 Å². The van der Waals surface area contributed by atoms with Gasteiger partial charge in [0.2, 0.25) is 0 Å². The van der Waals surface area contributed by atoms with Gasteiger partial charge in [-0.25, -0.2) is 0 Å². The Morgan fingerprint density at radius 1 is 1.13 bits per heavy atom. The van der Waals surface area contributed by atoms with Gasteiger partial charge in [0.05, 0.1) is 6.61 Å². The fourth-order valence-electron chi connectivity index (χ4n) is 2.59. The van der Waals surface area contributed by atoms with Gasteiger partial charge in [0, 0.05) is 5.54 Å². The summed E-state index contributed by atoms with van der Waals surface area (Å²) in [6.07, 6.45) is 6.97. The van der Waals surface area contributed by atoms with Crippen molar-refractivity contribution in [2.75, 3.05) is 6.61 Å². The molecule has 2 heteroatoms. The predicted molar refractivity (Wildman–Crippen MR) is 64.9 cm³/mol. The predicted octanol–water partition coefficient (Wildman–Crippen LogP) is 3.46. The lowest BCUT2D eigenvalue weighted by Crippen LogP contribution is -2.62. The fraction of sp³-hybridized carbons (Fsp3) is 1.00. The summed E-state index contributed by atoms with van der Waals surface area (Å²) in [5.74, 6) is 0. The average Bonchev–Trinajstić information content (AvgIpc) is 2.18. The molecule has 1 rings (SSSR count). The van der Waals surface area contributed by atoms with Crippen LogP contribution in [0.3, 0.4) is 0 Å². The Kier molecular flexibility index (Phi) is 4.60. The first kappa shape index (κ1) is 13.0. The van der Waals surface area contributed by atoms with Gasteiger partial charge in [0.1, 0.15) is 5.72 Å². The molecule has 90 valence electrons. The number of nitrogens with one attached hydrogen (secondary N) is 1. The maximum absolute atomic E-state index is 6.03. The van der Waals surface area contributed by atoms with Crippen LogP contribution in [0.25, 0.3) is 0 Å². The van der Waals surface area contributed by atoms with E-state index in [2.05, 4.69) is 33.0 Å². The molecular weight excluding hydrogens is 186 g/mol. The van der Waals surface area contributed by atoms with Crippen LogP contribution >= 0.6 is 0 Å². The van der Waals surface area contributed by atoms with Gasteiger partial charge in [-0.2, -0.15) is 0 Å². The minimum absolute atomic E-state index is 0.0352. The van der Waals surface area contributed by atoms with Crippen LogP contribution < -0.4 is 5.32 Å². The van der Waals surface area contributed by atoms with Gasteiger partial charge in [-0.1, -0.05) is 33.6 Å². The molecule has 0 radical (unpaired) electrons. The number of rotatable bonds is 5. The molecule has 0 aliphatic carbocycles. The number of hydrogen-bond donors (Lipinski definition) is 1. The third-order valence-corrected chi connectivity index (χ3v) is 3.65. The third-order valence-electron chi connectivity index (χ3n) is 3.65. The van der Waals surface area contributed by atoms with E-state index in [4.69, 9.17) is 4.74 Å². The van der Waals surface area contributed by atoms with Gasteiger partial charge in [-0.15, -0.1) is 0 Å². The van der Waals surface area contributed by atoms with Gasteiger partial charge in [-0.05, 0) is 32.6 Å². The molecule has 1 atom stereocenters. The topological polar surface area (TPSA) is 21.3 Å². The summed E-state index contributed by atoms with van der Waals surface area (Å²) in [7, 11) is 0. The van der Waals surface area contributed by atoms with Gasteiger partial charge in [0.15, 0.2) is 0 Å². The second kappa shape index (κ2) is 5.31. The molecule has 15 heavy (non-hydrogen) atoms. The monoisotopic (exact) mass is 213 g/mol. The summed E-state index contributed by atoms with van der Waals surface area (Å²) < 4.78 is 6.03. The second-order valence-corrected chi connectivity index (χ2v) is 5.13. The highest BCUT2D eigenvalue weighted by molar-refractivity contribution is 4.93. The van der Waals surface area contributed by atoms with Gasteiger partial charge < -0.3 is 4.74 Å². The summed E-state index contributed by atoms with van der Waals surface area (Å²) in [4.78, 5) is 0. The molecule has 1 unspecified atom stereocenters. The smallest absolute Gasteiger partial charge is 0.119 e. The van der Waals surface area contributed by atoms with Crippen molar-refractivity contribution in [3.05, 3.63) is 0 Å². The van der Waals surface area contributed by atoms with Gasteiger partial charge >= 0.3 is 0 Å². The molecule has 1 aliphatic heterocycles. The summed E-state index contributed by atoms with van der Waals surface area (Å²) in [5, 5.41) is 3.77. The van der Waals surface area contributed by atoms with Crippen LogP contribution in [0.4, 0.5) is 0 Å². The van der Waals surface area contributed by atoms with Crippen LogP contribution in [0.15, 0.2) is 0 Å². The molecule has 0 aromatic carbocycles. The van der Waals surface area contributed by atoms with Crippen molar-refractivity contribution in [2.24, 2.45) is 0 Å². The highest BCUT2D eigenvalue weighted by Crippen LogP contribution is 2.32. The molecule has 1 heterocycles. The summed E-state index contributed by atoms with van der Waals surface area (Å²) in [6.45, 7) is 9.98. The summed E-state index contributed by atoms with van der Waals surface area (Å²) in [5.41, 5.74) is 0.245. The molecule has 0 saturated carbocycles. The van der Waals surface area contributed by atoms with Crippen LogP contribution in [-0.4, -0.2) is 17.9 Å². The molecule has 0 amide bonds. The van der Waals surface area contributed by atoms with Crippen molar-refractivity contribution >= 4 is 0 Å². The van der Waals surface area contributed by atoms with Crippen molar-refractivity contribution in [1.82, 2.24) is 5.32 Å². The molecule has 0 aromatic heterocycles. The van der Waals surface area contributed by atoms with Crippen LogP contribution in [0.1, 0.15) is 66.2 Å². The molecule has 1 N–H and O–H groups in total. The lowest BCUT2D eigenvalue weighted by molar-refractivity contribution is -0.140. The van der Waals surface area contributed by atoms with E-state index in [0.29, 0.717) is 0 Å². The van der Waals surface area contributed by atoms with E-state index in [-0.39, 0.29) is 11.3 Å². The Morgan fingerprint density at radius 2 is 1.73 bits per heavy atom. The molecule has 2 nitrogen and oxygen atoms in total. The van der Waals surface area contributed by atoms with Crippen molar-refractivity contribution in [1.29, 1.82) is 0 Å². The van der Waals surface area contributed by atoms with Crippen molar-refractivity contribution in [2.45, 2.75) is 77.5 Å². The standard InChI is InChI=1S/C13H27NO/c1-5-8-13(9-6-2)14-12(4,7-3)10-11-15-13/h14H,5-11H2,1-4H3. The third kappa shape index (κ3) is 3.18. The SMILES string of the molecule is CCCC1(CCC)NC(C)(CC)CCO1. The number of hydrogen-bond acceptors (Lipinski definition) is 2. The Morgan fingerprint density at radius 3 is 2.20 bits per heavy atom. The van der Waals surface area contributed by atoms with E-state index in [1.54, 1.807) is 0 Å². The first-order valence-electron chi connectivity index (χ1n) is 6.53. The van der Waals surface area contributed by atoms with Crippen LogP contribution in [0.2, 0.25) is 0 Å². The lowest BCUT2D eigenvalue weighted by atomic mass is 9.88. The summed E-state index contributed by atoms with van der Waals surface area (Å²) >= 11 is 0. The Labute approximate surface area is 94.8 Å². The average molecular weight is 213 g/mol. The Hall–Kier alpha value is -0.0800. The van der Waals surface area contributed by atoms with Gasteiger partial charge in [0.25, 0.3) is 0 Å². The quantitative estimate of drug-likeness (QED) is 0.755. The van der Waals surface area contributed by atoms with Crippen LogP contribution in [0, 0.1) is 0 Å². The highest BCUT2D eigenvalue weighted by atomic mass is 16.5. The zero-order valence-electron chi connectivity index (χ0n) is 10.9. The van der Waals surface area contributed by atoms with E-state index in [9.17, 15) is 0 Å². The molecule has 1 aliphatic rings. The first-order valence-corrected chi connectivity index (χ1v) is 6.53. The van der Waals surface area contributed by atoms with E-state index in [0.717, 1.165) is 25.9 Å². The summed E-state index contributed by atoms with van der Waals surface area (Å²) in [6, 6.07) is 0. The maximum Gasteiger partial charge on any atom is 0.119 e. The van der Waals surface area contributed by atoms with Crippen molar-refractivity contribution < 1.29 is 4.74 Å². The number of ether oxygens (including phenoxy) is 1. The zero-order valence-corrected chi connectivity index (χ0v) is 10.9. The zero-order chi connectivity index (χ0) is 11.4. The largest absolute Gasteiger partial charge is 0.361 e. The maximum atomic E-state index is 6.03. The molecule has 1 fully saturated rings. The molecule has 0 spiro atoms. The van der Waals surface area contributed by atoms with Crippen LogP contribution in [0.5, 0.6) is 0 Å².